The van der Waals surface area contributed by atoms with Crippen LogP contribution in [0.4, 0.5) is 5.69 Å². The summed E-state index contributed by atoms with van der Waals surface area (Å²) in [5.41, 5.74) is 7.78. The maximum absolute atomic E-state index is 13.0. The van der Waals surface area contributed by atoms with E-state index in [1.165, 1.54) is 5.56 Å². The third kappa shape index (κ3) is 3.47. The van der Waals surface area contributed by atoms with Gasteiger partial charge in [-0.1, -0.05) is 30.3 Å². The normalized spacial score (nSPS) is 21.2. The molecule has 4 rings (SSSR count). The molecule has 2 atom stereocenters. The number of carbonyl (C=O) groups is 1. The minimum Gasteiger partial charge on any atom is -0.497 e. The van der Waals surface area contributed by atoms with Gasteiger partial charge in [-0.3, -0.25) is 9.69 Å². The number of hydrazone groups is 1. The minimum absolute atomic E-state index is 0.101. The van der Waals surface area contributed by atoms with Crippen LogP contribution in [0.25, 0.3) is 0 Å². The van der Waals surface area contributed by atoms with Crippen LogP contribution in [0.15, 0.2) is 59.7 Å². The first kappa shape index (κ1) is 18.2. The molecular weight excluding hydrogens is 356 g/mol. The molecule has 0 aliphatic carbocycles. The average molecular weight is 380 g/mol. The number of methoxy groups -OCH3 is 1. The molecule has 0 aromatic heterocycles. The third-order valence-electron chi connectivity index (χ3n) is 5.23. The first-order valence-electron chi connectivity index (χ1n) is 9.42. The summed E-state index contributed by atoms with van der Waals surface area (Å²) in [6, 6.07) is 17.9. The molecule has 1 saturated heterocycles. The van der Waals surface area contributed by atoms with Gasteiger partial charge in [-0.2, -0.15) is 0 Å². The number of nitrogens with zero attached hydrogens (tertiary/aromatic N) is 3. The number of ether oxygens (including phenoxy) is 2. The van der Waals surface area contributed by atoms with E-state index in [0.717, 1.165) is 30.7 Å². The Morgan fingerprint density at radius 1 is 1.18 bits per heavy atom. The smallest absolute Gasteiger partial charge is 0.305 e. The molecule has 7 heteroatoms. The lowest BCUT2D eigenvalue weighted by Gasteiger charge is -2.49. The van der Waals surface area contributed by atoms with Crippen LogP contribution in [0.5, 0.6) is 5.75 Å². The van der Waals surface area contributed by atoms with E-state index >= 15 is 0 Å². The summed E-state index contributed by atoms with van der Waals surface area (Å²) >= 11 is 0. The molecular formula is C21H24N4O3. The van der Waals surface area contributed by atoms with Gasteiger partial charge in [0, 0.05) is 5.69 Å². The van der Waals surface area contributed by atoms with E-state index in [-0.39, 0.29) is 30.7 Å². The number of benzene rings is 2. The number of hydrogen-bond acceptors (Lipinski definition) is 6. The maximum Gasteiger partial charge on any atom is 0.305 e. The minimum atomic E-state index is -0.197. The average Bonchev–Trinajstić information content (AvgIpc) is 3.15. The Hall–Kier alpha value is -3.22. The van der Waals surface area contributed by atoms with Crippen LogP contribution in [-0.4, -0.2) is 36.9 Å². The molecule has 2 unspecified atom stereocenters. The van der Waals surface area contributed by atoms with E-state index in [2.05, 4.69) is 17.2 Å². The lowest BCUT2D eigenvalue weighted by molar-refractivity contribution is -0.136. The molecule has 0 radical (unpaired) electrons. The fourth-order valence-electron chi connectivity index (χ4n) is 3.79. The highest BCUT2D eigenvalue weighted by Gasteiger charge is 2.51. The second kappa shape index (κ2) is 7.80. The molecule has 7 nitrogen and oxygen atoms in total. The van der Waals surface area contributed by atoms with Crippen LogP contribution >= 0.6 is 0 Å². The summed E-state index contributed by atoms with van der Waals surface area (Å²) in [5, 5.41) is 6.02. The summed E-state index contributed by atoms with van der Waals surface area (Å²) in [6.45, 7) is 0.256. The molecule has 2 aromatic carbocycles. The molecule has 28 heavy (non-hydrogen) atoms. The lowest BCUT2D eigenvalue weighted by Crippen LogP contribution is -2.67. The van der Waals surface area contributed by atoms with Gasteiger partial charge in [0.25, 0.3) is 0 Å². The number of carbonyl (C=O) groups excluding carboxylic acids is 1. The van der Waals surface area contributed by atoms with Gasteiger partial charge in [-0.25, -0.2) is 5.01 Å². The highest BCUT2D eigenvalue weighted by atomic mass is 16.5. The molecule has 2 aliphatic rings. The molecule has 2 aromatic rings. The zero-order valence-electron chi connectivity index (χ0n) is 15.8. The van der Waals surface area contributed by atoms with Crippen LogP contribution in [-0.2, 0) is 16.0 Å². The highest BCUT2D eigenvalue weighted by molar-refractivity contribution is 6.02. The standard InChI is InChI=1S/C21H24N4O3/c1-27-17-12-10-16(11-13-17)25-19(24-14-28-21(22)23-24)18(20(25)26)9-5-8-15-6-3-2-4-7-15/h2-4,6-7,10-13,18-19H,5,8-9,14H2,1H3,(H2,22,23). The fourth-order valence-corrected chi connectivity index (χ4v) is 3.79. The van der Waals surface area contributed by atoms with Gasteiger partial charge in [-0.15, -0.1) is 5.10 Å². The number of rotatable bonds is 7. The molecule has 2 N–H and O–H groups in total. The van der Waals surface area contributed by atoms with E-state index < -0.39 is 0 Å². The van der Waals surface area contributed by atoms with Crippen LogP contribution in [0.3, 0.4) is 0 Å². The van der Waals surface area contributed by atoms with Crippen molar-refractivity contribution >= 4 is 17.6 Å². The Balaban J connectivity index is 1.48. The second-order valence-electron chi connectivity index (χ2n) is 6.96. The van der Waals surface area contributed by atoms with Gasteiger partial charge in [0.2, 0.25) is 5.91 Å². The Kier molecular flexibility index (Phi) is 5.06. The van der Waals surface area contributed by atoms with Crippen molar-refractivity contribution in [1.82, 2.24) is 5.01 Å². The van der Waals surface area contributed by atoms with Crippen molar-refractivity contribution in [2.75, 3.05) is 18.7 Å². The Morgan fingerprint density at radius 3 is 2.57 bits per heavy atom. The zero-order chi connectivity index (χ0) is 19.5. The topological polar surface area (TPSA) is 80.4 Å². The Labute approximate surface area is 164 Å². The first-order chi connectivity index (χ1) is 13.7. The van der Waals surface area contributed by atoms with Gasteiger partial charge in [-0.05, 0) is 49.1 Å². The third-order valence-corrected chi connectivity index (χ3v) is 5.23. The monoisotopic (exact) mass is 380 g/mol. The van der Waals surface area contributed by atoms with Crippen LogP contribution in [0.2, 0.25) is 0 Å². The van der Waals surface area contributed by atoms with Crippen LogP contribution in [0, 0.1) is 5.92 Å². The molecule has 0 bridgehead atoms. The summed E-state index contributed by atoms with van der Waals surface area (Å²) in [4.78, 5) is 14.7. The van der Waals surface area contributed by atoms with Crippen molar-refractivity contribution in [3.05, 3.63) is 60.2 Å². The van der Waals surface area contributed by atoms with Gasteiger partial charge in [0.05, 0.1) is 13.0 Å². The van der Waals surface area contributed by atoms with E-state index in [1.807, 2.05) is 42.5 Å². The quantitative estimate of drug-likeness (QED) is 0.747. The maximum atomic E-state index is 13.0. The molecule has 2 aliphatic heterocycles. The predicted octanol–water partition coefficient (Wildman–Crippen LogP) is 2.53. The highest BCUT2D eigenvalue weighted by Crippen LogP contribution is 2.39. The number of amidine groups is 1. The number of anilines is 1. The van der Waals surface area contributed by atoms with E-state index in [9.17, 15) is 4.79 Å². The van der Waals surface area contributed by atoms with Crippen molar-refractivity contribution in [1.29, 1.82) is 0 Å². The number of β-lactam (4-membered cyclic amide) rings is 1. The number of aryl methyl sites for hydroxylation is 1. The molecule has 1 amide bonds. The van der Waals surface area contributed by atoms with Crippen LogP contribution < -0.4 is 15.4 Å². The SMILES string of the molecule is COc1ccc(N2C(=O)C(CCCc3ccccc3)C2N2COC(N)=N2)cc1. The first-order valence-corrected chi connectivity index (χ1v) is 9.42. The molecule has 0 saturated carbocycles. The van der Waals surface area contributed by atoms with E-state index in [4.69, 9.17) is 15.2 Å². The number of nitrogens with two attached hydrogens (primary N) is 1. The van der Waals surface area contributed by atoms with Gasteiger partial charge < -0.3 is 15.2 Å². The zero-order valence-corrected chi connectivity index (χ0v) is 15.8. The molecule has 146 valence electrons. The van der Waals surface area contributed by atoms with Gasteiger partial charge in [0.15, 0.2) is 6.73 Å². The van der Waals surface area contributed by atoms with Crippen LogP contribution in [0.1, 0.15) is 18.4 Å². The van der Waals surface area contributed by atoms with E-state index in [0.29, 0.717) is 0 Å². The Morgan fingerprint density at radius 2 is 1.93 bits per heavy atom. The van der Waals surface area contributed by atoms with Gasteiger partial charge in [0.1, 0.15) is 11.9 Å². The summed E-state index contributed by atoms with van der Waals surface area (Å²) in [7, 11) is 1.62. The molecule has 0 spiro atoms. The fraction of sp³-hybridized carbons (Fsp3) is 0.333. The van der Waals surface area contributed by atoms with Crippen molar-refractivity contribution in [2.45, 2.75) is 25.4 Å². The van der Waals surface area contributed by atoms with Crippen molar-refractivity contribution in [2.24, 2.45) is 16.8 Å². The van der Waals surface area contributed by atoms with Gasteiger partial charge >= 0.3 is 6.02 Å². The summed E-state index contributed by atoms with van der Waals surface area (Å²) in [6.07, 6.45) is 2.47. The summed E-state index contributed by atoms with van der Waals surface area (Å²) < 4.78 is 10.5. The largest absolute Gasteiger partial charge is 0.497 e. The van der Waals surface area contributed by atoms with Crippen molar-refractivity contribution < 1.29 is 14.3 Å². The summed E-state index contributed by atoms with van der Waals surface area (Å²) in [5.74, 6) is 0.715. The number of amides is 1. The van der Waals surface area contributed by atoms with Crippen molar-refractivity contribution in [3.8, 4) is 5.75 Å². The lowest BCUT2D eigenvalue weighted by atomic mass is 9.86. The predicted molar refractivity (Wildman–Crippen MR) is 107 cm³/mol. The molecule has 2 heterocycles. The Bertz CT molecular complexity index is 854. The van der Waals surface area contributed by atoms with E-state index in [1.54, 1.807) is 17.0 Å². The second-order valence-corrected chi connectivity index (χ2v) is 6.96. The number of hydrogen-bond donors (Lipinski definition) is 1. The molecule has 1 fully saturated rings. The van der Waals surface area contributed by atoms with Crippen molar-refractivity contribution in [3.63, 3.8) is 0 Å².